The van der Waals surface area contributed by atoms with Gasteiger partial charge in [-0.3, -0.25) is 9.97 Å². The second-order valence-corrected chi connectivity index (χ2v) is 10.1. The summed E-state index contributed by atoms with van der Waals surface area (Å²) in [5.74, 6) is 0.483. The predicted molar refractivity (Wildman–Crippen MR) is 151 cm³/mol. The van der Waals surface area contributed by atoms with Crippen molar-refractivity contribution in [3.8, 4) is 22.9 Å². The Morgan fingerprint density at radius 3 is 2.62 bits per heavy atom. The first-order valence-electron chi connectivity index (χ1n) is 11.4. The number of hydrogen-bond acceptors (Lipinski definition) is 7. The highest BCUT2D eigenvalue weighted by atomic mass is 35.5. The molecule has 0 aliphatic carbocycles. The monoisotopic (exact) mass is 545 g/mol. The number of hydrogen-bond donors (Lipinski definition) is 2. The Balaban J connectivity index is 1.40. The largest absolute Gasteiger partial charge is 0.495 e. The average Bonchev–Trinajstić information content (AvgIpc) is 3.39. The predicted octanol–water partition coefficient (Wildman–Crippen LogP) is 7.58. The molecule has 3 heterocycles. The van der Waals surface area contributed by atoms with Crippen LogP contribution in [-0.4, -0.2) is 17.1 Å². The van der Waals surface area contributed by atoms with Gasteiger partial charge in [0.05, 0.1) is 39.6 Å². The number of anilines is 2. The van der Waals surface area contributed by atoms with Gasteiger partial charge >= 0.3 is 0 Å². The zero-order valence-corrected chi connectivity index (χ0v) is 22.1. The molecule has 0 saturated heterocycles. The van der Waals surface area contributed by atoms with Crippen LogP contribution in [0.25, 0.3) is 22.0 Å². The lowest BCUT2D eigenvalue weighted by molar-refractivity contribution is 0.415. The van der Waals surface area contributed by atoms with Crippen LogP contribution >= 0.6 is 34.5 Å². The molecule has 5 aromatic rings. The fourth-order valence-electron chi connectivity index (χ4n) is 3.96. The number of nitriles is 1. The van der Waals surface area contributed by atoms with Gasteiger partial charge in [0, 0.05) is 48.0 Å². The van der Waals surface area contributed by atoms with E-state index in [-0.39, 0.29) is 0 Å². The van der Waals surface area contributed by atoms with Crippen molar-refractivity contribution in [3.05, 3.63) is 98.6 Å². The number of nitrogens with one attached hydrogen (secondary N) is 2. The van der Waals surface area contributed by atoms with Crippen molar-refractivity contribution in [1.82, 2.24) is 15.3 Å². The Hall–Kier alpha value is -3.67. The molecule has 0 aliphatic rings. The molecule has 2 aromatic carbocycles. The second kappa shape index (κ2) is 11.2. The van der Waals surface area contributed by atoms with E-state index in [1.54, 1.807) is 42.1 Å². The minimum absolute atomic E-state index is 0.406. The van der Waals surface area contributed by atoms with Crippen molar-refractivity contribution in [2.45, 2.75) is 13.1 Å². The quantitative estimate of drug-likeness (QED) is 0.209. The molecule has 2 N–H and O–H groups in total. The SMILES string of the molecule is COc1cc(Nc2c(C#N)cnc3cc(-c4csc(CNCc5ccncc5)c4)ccc23)c(Cl)cc1Cl. The van der Waals surface area contributed by atoms with Crippen molar-refractivity contribution in [2.75, 3.05) is 12.4 Å². The van der Waals surface area contributed by atoms with E-state index in [2.05, 4.69) is 38.1 Å². The van der Waals surface area contributed by atoms with E-state index < -0.39 is 0 Å². The maximum absolute atomic E-state index is 9.73. The summed E-state index contributed by atoms with van der Waals surface area (Å²) in [4.78, 5) is 9.84. The molecule has 0 saturated carbocycles. The van der Waals surface area contributed by atoms with Crippen molar-refractivity contribution >= 4 is 56.8 Å². The first-order chi connectivity index (χ1) is 18.1. The molecule has 0 bridgehead atoms. The van der Waals surface area contributed by atoms with Gasteiger partial charge in [0.25, 0.3) is 0 Å². The fourth-order valence-corrected chi connectivity index (χ4v) is 5.33. The van der Waals surface area contributed by atoms with Crippen LogP contribution < -0.4 is 15.4 Å². The van der Waals surface area contributed by atoms with E-state index >= 15 is 0 Å². The Morgan fingerprint density at radius 2 is 1.84 bits per heavy atom. The van der Waals surface area contributed by atoms with Crippen molar-refractivity contribution in [1.29, 1.82) is 5.26 Å². The summed E-state index contributed by atoms with van der Waals surface area (Å²) in [6, 6.07) is 17.8. The number of halogens is 2. The van der Waals surface area contributed by atoms with Crippen LogP contribution in [-0.2, 0) is 13.1 Å². The smallest absolute Gasteiger partial charge is 0.139 e. The summed E-state index contributed by atoms with van der Waals surface area (Å²) in [6.07, 6.45) is 5.17. The van der Waals surface area contributed by atoms with E-state index in [1.165, 1.54) is 17.6 Å². The topological polar surface area (TPSA) is 82.9 Å². The molecule has 5 rings (SSSR count). The van der Waals surface area contributed by atoms with E-state index in [4.69, 9.17) is 27.9 Å². The number of fused-ring (bicyclic) bond motifs is 1. The summed E-state index contributed by atoms with van der Waals surface area (Å²) in [6.45, 7) is 1.57. The molecule has 0 atom stereocenters. The van der Waals surface area contributed by atoms with E-state index in [1.807, 2.05) is 30.3 Å². The number of aromatic nitrogens is 2. The van der Waals surface area contributed by atoms with Crippen molar-refractivity contribution < 1.29 is 4.74 Å². The van der Waals surface area contributed by atoms with Crippen LogP contribution in [0.2, 0.25) is 10.0 Å². The van der Waals surface area contributed by atoms with Crippen LogP contribution in [0.3, 0.4) is 0 Å². The minimum atomic E-state index is 0.406. The molecule has 0 amide bonds. The molecule has 6 nitrogen and oxygen atoms in total. The van der Waals surface area contributed by atoms with Crippen molar-refractivity contribution in [3.63, 3.8) is 0 Å². The molecular formula is C28H21Cl2N5OS. The normalized spacial score (nSPS) is 10.9. The lowest BCUT2D eigenvalue weighted by Crippen LogP contribution is -2.11. The van der Waals surface area contributed by atoms with Crippen LogP contribution in [0.1, 0.15) is 16.0 Å². The second-order valence-electron chi connectivity index (χ2n) is 8.24. The summed E-state index contributed by atoms with van der Waals surface area (Å²) >= 11 is 14.3. The van der Waals surface area contributed by atoms with Gasteiger partial charge in [-0.05, 0) is 52.4 Å². The fraction of sp³-hybridized carbons (Fsp3) is 0.107. The first kappa shape index (κ1) is 25.0. The summed E-state index contributed by atoms with van der Waals surface area (Å²) < 4.78 is 5.32. The maximum Gasteiger partial charge on any atom is 0.139 e. The van der Waals surface area contributed by atoms with Gasteiger partial charge in [-0.1, -0.05) is 35.3 Å². The number of thiophene rings is 1. The van der Waals surface area contributed by atoms with Crippen LogP contribution in [0, 0.1) is 11.3 Å². The van der Waals surface area contributed by atoms with Gasteiger partial charge in [-0.15, -0.1) is 11.3 Å². The molecule has 0 unspecified atom stereocenters. The number of nitrogens with zero attached hydrogens (tertiary/aromatic N) is 3. The zero-order valence-electron chi connectivity index (χ0n) is 19.8. The number of benzene rings is 2. The van der Waals surface area contributed by atoms with E-state index in [9.17, 15) is 5.26 Å². The highest BCUT2D eigenvalue weighted by molar-refractivity contribution is 7.10. The lowest BCUT2D eigenvalue weighted by Gasteiger charge is -2.15. The standard InChI is InChI=1S/C28H21Cl2N5OS/c1-36-27-11-26(23(29)10-24(27)30)35-28-20(12-31)14-34-25-9-18(2-3-22(25)28)19-8-21(37-16-19)15-33-13-17-4-6-32-7-5-17/h2-11,14,16,33H,13,15H2,1H3,(H,34,35). The Kier molecular flexibility index (Phi) is 7.54. The third-order valence-electron chi connectivity index (χ3n) is 5.86. The lowest BCUT2D eigenvalue weighted by atomic mass is 10.0. The van der Waals surface area contributed by atoms with Gasteiger partial charge in [0.15, 0.2) is 0 Å². The molecule has 0 spiro atoms. The van der Waals surface area contributed by atoms with Crippen LogP contribution in [0.4, 0.5) is 11.4 Å². The zero-order chi connectivity index (χ0) is 25.8. The Labute approximate surface area is 228 Å². The number of methoxy groups -OCH3 is 1. The van der Waals surface area contributed by atoms with Gasteiger partial charge in [0.1, 0.15) is 11.8 Å². The van der Waals surface area contributed by atoms with E-state index in [0.717, 1.165) is 35.1 Å². The molecule has 9 heteroatoms. The average molecular weight is 546 g/mol. The first-order valence-corrected chi connectivity index (χ1v) is 13.0. The molecule has 0 radical (unpaired) electrons. The summed E-state index contributed by atoms with van der Waals surface area (Å²) in [5.41, 5.74) is 5.75. The molecule has 37 heavy (non-hydrogen) atoms. The number of rotatable bonds is 8. The highest BCUT2D eigenvalue weighted by Gasteiger charge is 2.14. The van der Waals surface area contributed by atoms with Gasteiger partial charge < -0.3 is 15.4 Å². The minimum Gasteiger partial charge on any atom is -0.495 e. The van der Waals surface area contributed by atoms with Crippen LogP contribution in [0.5, 0.6) is 5.75 Å². The Morgan fingerprint density at radius 1 is 1.00 bits per heavy atom. The third-order valence-corrected chi connectivity index (χ3v) is 7.40. The van der Waals surface area contributed by atoms with Gasteiger partial charge in [-0.2, -0.15) is 5.26 Å². The summed E-state index contributed by atoms with van der Waals surface area (Å²) in [7, 11) is 1.54. The molecule has 0 aliphatic heterocycles. The van der Waals surface area contributed by atoms with E-state index in [0.29, 0.717) is 32.7 Å². The number of ether oxygens (including phenoxy) is 1. The molecule has 184 valence electrons. The molecule has 3 aromatic heterocycles. The van der Waals surface area contributed by atoms with Gasteiger partial charge in [-0.25, -0.2) is 0 Å². The van der Waals surface area contributed by atoms with Crippen LogP contribution in [0.15, 0.2) is 72.5 Å². The Bertz CT molecular complexity index is 1620. The maximum atomic E-state index is 9.73. The van der Waals surface area contributed by atoms with Crippen molar-refractivity contribution in [2.24, 2.45) is 0 Å². The molecule has 0 fully saturated rings. The summed E-state index contributed by atoms with van der Waals surface area (Å²) in [5, 5.41) is 20.3. The van der Waals surface area contributed by atoms with Gasteiger partial charge in [0.2, 0.25) is 0 Å². The highest BCUT2D eigenvalue weighted by Crippen LogP contribution is 2.38. The molecular weight excluding hydrogens is 525 g/mol. The number of pyridine rings is 2. The third kappa shape index (κ3) is 5.53.